The number of hydrogen-bond donors (Lipinski definition) is 1. The second-order valence-corrected chi connectivity index (χ2v) is 9.60. The van der Waals surface area contributed by atoms with Gasteiger partial charge in [-0.3, -0.25) is 9.69 Å². The summed E-state index contributed by atoms with van der Waals surface area (Å²) in [4.78, 5) is 43.2. The minimum atomic E-state index is -0.288. The van der Waals surface area contributed by atoms with Gasteiger partial charge in [0.15, 0.2) is 0 Å². The van der Waals surface area contributed by atoms with Crippen molar-refractivity contribution in [2.75, 3.05) is 44.2 Å². The Kier molecular flexibility index (Phi) is 7.70. The predicted molar refractivity (Wildman–Crippen MR) is 128 cm³/mol. The van der Waals surface area contributed by atoms with E-state index in [4.69, 9.17) is 21.1 Å². The zero-order valence-corrected chi connectivity index (χ0v) is 20.6. The maximum absolute atomic E-state index is 13.3. The highest BCUT2D eigenvalue weighted by Crippen LogP contribution is 2.36. The van der Waals surface area contributed by atoms with Gasteiger partial charge in [-0.25, -0.2) is 9.59 Å². The first-order valence-corrected chi connectivity index (χ1v) is 12.5. The highest BCUT2D eigenvalue weighted by molar-refractivity contribution is 6.31. The molecular formula is C24H33ClN4O5. The van der Waals surface area contributed by atoms with Crippen molar-refractivity contribution in [2.24, 2.45) is 5.92 Å². The molecule has 186 valence electrons. The summed E-state index contributed by atoms with van der Waals surface area (Å²) in [7, 11) is 0. The van der Waals surface area contributed by atoms with Gasteiger partial charge in [0.25, 0.3) is 0 Å². The Morgan fingerprint density at radius 2 is 1.76 bits per heavy atom. The van der Waals surface area contributed by atoms with E-state index in [9.17, 15) is 14.4 Å². The zero-order chi connectivity index (χ0) is 24.2. The number of piperidine rings is 2. The number of hydrogen-bond acceptors (Lipinski definition) is 5. The Hall–Kier alpha value is -2.68. The van der Waals surface area contributed by atoms with Gasteiger partial charge in [-0.05, 0) is 57.7 Å². The van der Waals surface area contributed by atoms with Crippen LogP contribution in [0.1, 0.15) is 39.5 Å². The Bertz CT molecular complexity index is 913. The lowest BCUT2D eigenvalue weighted by atomic mass is 9.94. The summed E-state index contributed by atoms with van der Waals surface area (Å²) in [5.74, 6) is 0.580. The molecule has 3 aliphatic heterocycles. The van der Waals surface area contributed by atoms with Crippen molar-refractivity contribution in [3.8, 4) is 5.75 Å². The van der Waals surface area contributed by atoms with Crippen LogP contribution in [0.4, 0.5) is 15.3 Å². The molecule has 1 aromatic rings. The summed E-state index contributed by atoms with van der Waals surface area (Å²) in [6.07, 6.45) is 2.29. The van der Waals surface area contributed by atoms with Gasteiger partial charge in [0.05, 0.1) is 18.8 Å². The smallest absolute Gasteiger partial charge is 0.409 e. The minimum Gasteiger partial charge on any atom is -0.487 e. The number of nitrogens with zero attached hydrogens (tertiary/aromatic N) is 3. The fourth-order valence-electron chi connectivity index (χ4n) is 4.84. The molecule has 3 aliphatic rings. The fourth-order valence-corrected chi connectivity index (χ4v) is 5.00. The third-order valence-electron chi connectivity index (χ3n) is 6.71. The normalized spacial score (nSPS) is 21.5. The monoisotopic (exact) mass is 492 g/mol. The molecule has 34 heavy (non-hydrogen) atoms. The van der Waals surface area contributed by atoms with Crippen LogP contribution in [0.25, 0.3) is 0 Å². The average Bonchev–Trinajstić information content (AvgIpc) is 2.84. The predicted octanol–water partition coefficient (Wildman–Crippen LogP) is 3.50. The van der Waals surface area contributed by atoms with Crippen LogP contribution < -0.4 is 15.0 Å². The molecule has 9 nitrogen and oxygen atoms in total. The second kappa shape index (κ2) is 10.7. The fraction of sp³-hybridized carbons (Fsp3) is 0.625. The number of carbonyl (C=O) groups is 3. The van der Waals surface area contributed by atoms with Crippen LogP contribution in [0.5, 0.6) is 5.75 Å². The summed E-state index contributed by atoms with van der Waals surface area (Å²) < 4.78 is 10.9. The van der Waals surface area contributed by atoms with E-state index in [2.05, 4.69) is 5.32 Å². The molecule has 1 atom stereocenters. The third kappa shape index (κ3) is 5.51. The van der Waals surface area contributed by atoms with Crippen LogP contribution in [-0.4, -0.2) is 79.3 Å². The molecule has 10 heteroatoms. The molecule has 0 spiro atoms. The van der Waals surface area contributed by atoms with Gasteiger partial charge in [-0.1, -0.05) is 11.6 Å². The van der Waals surface area contributed by atoms with Gasteiger partial charge in [-0.15, -0.1) is 0 Å². The van der Waals surface area contributed by atoms with Gasteiger partial charge in [0, 0.05) is 43.2 Å². The van der Waals surface area contributed by atoms with Crippen LogP contribution >= 0.6 is 11.6 Å². The Morgan fingerprint density at radius 1 is 1.09 bits per heavy atom. The SMILES string of the molecule is CCOC(=O)N1CCC(NC(=O)C2CCN(C(=O)N3C[C@@H](C)Oc4ccc(Cl)cc43)CC2)CC1. The Morgan fingerprint density at radius 3 is 2.44 bits per heavy atom. The first kappa shape index (κ1) is 24.4. The second-order valence-electron chi connectivity index (χ2n) is 9.16. The molecule has 0 radical (unpaired) electrons. The molecule has 2 saturated heterocycles. The number of rotatable bonds is 3. The van der Waals surface area contributed by atoms with E-state index in [1.54, 1.807) is 34.9 Å². The van der Waals surface area contributed by atoms with Crippen molar-refractivity contribution in [1.29, 1.82) is 0 Å². The number of ether oxygens (including phenoxy) is 2. The van der Waals surface area contributed by atoms with Crippen molar-refractivity contribution in [3.63, 3.8) is 0 Å². The number of anilines is 1. The Labute approximate surface area is 205 Å². The molecule has 4 rings (SSSR count). The maximum Gasteiger partial charge on any atom is 0.409 e. The van der Waals surface area contributed by atoms with Gasteiger partial charge in [0.1, 0.15) is 11.9 Å². The van der Waals surface area contributed by atoms with E-state index in [0.717, 1.165) is 12.8 Å². The zero-order valence-electron chi connectivity index (χ0n) is 19.8. The number of benzene rings is 1. The van der Waals surface area contributed by atoms with E-state index in [0.29, 0.717) is 68.6 Å². The standard InChI is InChI=1S/C24H33ClN4O5/c1-3-33-24(32)28-12-8-19(9-13-28)26-22(30)17-6-10-27(11-7-17)23(31)29-15-16(2)34-21-5-4-18(25)14-20(21)29/h4-5,14,16-17,19H,3,6-13,15H2,1-2H3,(H,26,30)/t16-/m1/s1. The van der Waals surface area contributed by atoms with E-state index < -0.39 is 0 Å². The summed E-state index contributed by atoms with van der Waals surface area (Å²) in [6.45, 7) is 6.77. The highest BCUT2D eigenvalue weighted by Gasteiger charge is 2.35. The topological polar surface area (TPSA) is 91.4 Å². The molecular weight excluding hydrogens is 460 g/mol. The number of nitrogens with one attached hydrogen (secondary N) is 1. The van der Waals surface area contributed by atoms with Gasteiger partial charge in [-0.2, -0.15) is 0 Å². The van der Waals surface area contributed by atoms with Gasteiger partial charge < -0.3 is 24.6 Å². The minimum absolute atomic E-state index is 0.0406. The molecule has 3 heterocycles. The molecule has 0 unspecified atom stereocenters. The van der Waals surface area contributed by atoms with Gasteiger partial charge >= 0.3 is 12.1 Å². The van der Waals surface area contributed by atoms with Crippen molar-refractivity contribution >= 4 is 35.3 Å². The summed E-state index contributed by atoms with van der Waals surface area (Å²) in [5.41, 5.74) is 0.685. The molecule has 0 aliphatic carbocycles. The third-order valence-corrected chi connectivity index (χ3v) is 6.95. The van der Waals surface area contributed by atoms with Crippen LogP contribution in [-0.2, 0) is 9.53 Å². The molecule has 2 fully saturated rings. The lowest BCUT2D eigenvalue weighted by Gasteiger charge is -2.39. The molecule has 1 N–H and O–H groups in total. The average molecular weight is 493 g/mol. The molecule has 0 bridgehead atoms. The Balaban J connectivity index is 1.27. The lowest BCUT2D eigenvalue weighted by molar-refractivity contribution is -0.127. The van der Waals surface area contributed by atoms with E-state index in [1.807, 2.05) is 11.8 Å². The van der Waals surface area contributed by atoms with Crippen molar-refractivity contribution in [1.82, 2.24) is 15.1 Å². The number of likely N-dealkylation sites (tertiary alicyclic amines) is 2. The van der Waals surface area contributed by atoms with Crippen LogP contribution in [0, 0.1) is 5.92 Å². The number of halogens is 1. The number of urea groups is 1. The lowest BCUT2D eigenvalue weighted by Crippen LogP contribution is -2.53. The van der Waals surface area contributed by atoms with Crippen molar-refractivity contribution in [3.05, 3.63) is 23.2 Å². The largest absolute Gasteiger partial charge is 0.487 e. The maximum atomic E-state index is 13.3. The molecule has 1 aromatic carbocycles. The van der Waals surface area contributed by atoms with E-state index in [-0.39, 0.29) is 36.1 Å². The van der Waals surface area contributed by atoms with Crippen LogP contribution in [0.3, 0.4) is 0 Å². The van der Waals surface area contributed by atoms with Crippen molar-refractivity contribution in [2.45, 2.75) is 51.7 Å². The molecule has 0 aromatic heterocycles. The van der Waals surface area contributed by atoms with E-state index >= 15 is 0 Å². The first-order valence-electron chi connectivity index (χ1n) is 12.1. The number of carbonyl (C=O) groups excluding carboxylic acids is 3. The molecule has 4 amide bonds. The highest BCUT2D eigenvalue weighted by atomic mass is 35.5. The summed E-state index contributed by atoms with van der Waals surface area (Å²) in [6, 6.07) is 5.29. The number of amides is 4. The quantitative estimate of drug-likeness (QED) is 0.697. The van der Waals surface area contributed by atoms with Crippen molar-refractivity contribution < 1.29 is 23.9 Å². The van der Waals surface area contributed by atoms with Gasteiger partial charge in [0.2, 0.25) is 5.91 Å². The summed E-state index contributed by atoms with van der Waals surface area (Å²) >= 11 is 6.16. The van der Waals surface area contributed by atoms with Crippen LogP contribution in [0.15, 0.2) is 18.2 Å². The molecule has 0 saturated carbocycles. The first-order chi connectivity index (χ1) is 16.4. The van der Waals surface area contributed by atoms with Crippen LogP contribution in [0.2, 0.25) is 5.02 Å². The number of fused-ring (bicyclic) bond motifs is 1. The van der Waals surface area contributed by atoms with E-state index in [1.165, 1.54) is 0 Å². The summed E-state index contributed by atoms with van der Waals surface area (Å²) in [5, 5.41) is 3.70.